The Balaban J connectivity index is 2.30. The smallest absolute Gasteiger partial charge is 0.315 e. The zero-order valence-electron chi connectivity index (χ0n) is 20.7. The maximum atomic E-state index is 13.0. The number of hydrogen-bond donors (Lipinski definition) is 8. The number of carbonyl (C=O) groups excluding carboxylic acids is 2. The van der Waals surface area contributed by atoms with E-state index < -0.39 is 99.2 Å². The predicted octanol–water partition coefficient (Wildman–Crippen LogP) is -3.47. The summed E-state index contributed by atoms with van der Waals surface area (Å²) in [6.45, 7) is -1.35. The fourth-order valence-corrected chi connectivity index (χ4v) is 4.12. The molecule has 18 heteroatoms. The molecule has 2 saturated heterocycles. The Morgan fingerprint density at radius 1 is 0.795 bits per heavy atom. The first-order valence-electron chi connectivity index (χ1n) is 12.2. The number of nitrogens with two attached hydrogens (primary N) is 1. The number of carbonyl (C=O) groups is 2. The van der Waals surface area contributed by atoms with Gasteiger partial charge < -0.3 is 60.8 Å². The first-order chi connectivity index (χ1) is 18.5. The van der Waals surface area contributed by atoms with Crippen LogP contribution < -0.4 is 16.4 Å². The first kappa shape index (κ1) is 33.5. The number of hydrogen-bond acceptors (Lipinski definition) is 12. The van der Waals surface area contributed by atoms with Crippen molar-refractivity contribution in [3.8, 4) is 0 Å². The van der Waals surface area contributed by atoms with Crippen LogP contribution in [0.4, 0.5) is 17.6 Å². The maximum absolute atomic E-state index is 13.0. The highest BCUT2D eigenvalue weighted by atomic mass is 19.3. The molecular weight excluding hydrogens is 546 g/mol. The van der Waals surface area contributed by atoms with E-state index in [1.807, 2.05) is 5.32 Å². The van der Waals surface area contributed by atoms with Crippen LogP contribution in [0, 0.1) is 0 Å². The molecule has 2 heterocycles. The number of unbranched alkanes of at least 4 members (excludes halogenated alkanes) is 2. The van der Waals surface area contributed by atoms with Gasteiger partial charge in [-0.15, -0.1) is 0 Å². The lowest BCUT2D eigenvalue weighted by molar-refractivity contribution is -0.332. The van der Waals surface area contributed by atoms with Crippen molar-refractivity contribution in [2.24, 2.45) is 5.73 Å². The Morgan fingerprint density at radius 3 is 1.85 bits per heavy atom. The first-order valence-corrected chi connectivity index (χ1v) is 12.2. The molecule has 0 unspecified atom stereocenters. The Bertz CT molecular complexity index is 775. The van der Waals surface area contributed by atoms with Crippen molar-refractivity contribution in [3.63, 3.8) is 0 Å². The quantitative estimate of drug-likeness (QED) is 0.0741. The highest BCUT2D eigenvalue weighted by Gasteiger charge is 2.52. The third-order valence-corrected chi connectivity index (χ3v) is 6.17. The van der Waals surface area contributed by atoms with Crippen LogP contribution in [0.15, 0.2) is 0 Å². The largest absolute Gasteiger partial charge is 0.394 e. The van der Waals surface area contributed by atoms with Gasteiger partial charge >= 0.3 is 12.9 Å². The van der Waals surface area contributed by atoms with Gasteiger partial charge in [0.15, 0.2) is 12.6 Å². The van der Waals surface area contributed by atoms with Gasteiger partial charge in [-0.3, -0.25) is 9.59 Å². The maximum Gasteiger partial charge on any atom is 0.315 e. The summed E-state index contributed by atoms with van der Waals surface area (Å²) in [5, 5.41) is 54.4. The van der Waals surface area contributed by atoms with E-state index in [1.165, 1.54) is 0 Å². The molecule has 0 aromatic heterocycles. The second-order valence-corrected chi connectivity index (χ2v) is 8.91. The number of aliphatic hydroxyl groups is 5. The molecule has 0 radical (unpaired) electrons. The zero-order valence-corrected chi connectivity index (χ0v) is 20.7. The van der Waals surface area contributed by atoms with Gasteiger partial charge in [-0.1, -0.05) is 0 Å². The van der Waals surface area contributed by atoms with Gasteiger partial charge in [-0.2, -0.15) is 17.6 Å². The topological polar surface area (TPSA) is 222 Å². The van der Waals surface area contributed by atoms with Gasteiger partial charge in [-0.05, 0) is 25.8 Å². The van der Waals surface area contributed by atoms with E-state index in [0.717, 1.165) is 0 Å². The lowest BCUT2D eigenvalue weighted by Gasteiger charge is -2.48. The molecule has 10 atom stereocenters. The zero-order chi connectivity index (χ0) is 29.3. The Hall–Kier alpha value is -1.74. The monoisotopic (exact) mass is 581 g/mol. The molecule has 0 aromatic carbocycles. The third-order valence-electron chi connectivity index (χ3n) is 6.17. The molecule has 39 heavy (non-hydrogen) atoms. The van der Waals surface area contributed by atoms with Crippen molar-refractivity contribution in [2.75, 3.05) is 26.4 Å². The second kappa shape index (κ2) is 15.9. The Kier molecular flexibility index (Phi) is 13.6. The summed E-state index contributed by atoms with van der Waals surface area (Å²) in [4.78, 5) is 23.4. The summed E-state index contributed by atoms with van der Waals surface area (Å²) in [6, 6.07) is -3.59. The average Bonchev–Trinajstić information content (AvgIpc) is 2.90. The third kappa shape index (κ3) is 8.87. The molecule has 0 spiro atoms. The highest BCUT2D eigenvalue weighted by molar-refractivity contribution is 5.80. The summed E-state index contributed by atoms with van der Waals surface area (Å²) in [5.41, 5.74) is 5.42. The highest BCUT2D eigenvalue weighted by Crippen LogP contribution is 2.30. The van der Waals surface area contributed by atoms with Gasteiger partial charge in [0, 0.05) is 6.61 Å². The lowest BCUT2D eigenvalue weighted by atomic mass is 9.94. The van der Waals surface area contributed by atoms with Gasteiger partial charge in [0.1, 0.15) is 48.7 Å². The van der Waals surface area contributed by atoms with Gasteiger partial charge in [0.2, 0.25) is 0 Å². The molecule has 2 fully saturated rings. The molecule has 14 nitrogen and oxygen atoms in total. The number of rotatable bonds is 14. The summed E-state index contributed by atoms with van der Waals surface area (Å²) in [6.07, 6.45) is -19.4. The van der Waals surface area contributed by atoms with E-state index in [-0.39, 0.29) is 6.61 Å². The lowest BCUT2D eigenvalue weighted by Crippen LogP contribution is -2.69. The molecule has 0 saturated carbocycles. The van der Waals surface area contributed by atoms with Crippen LogP contribution >= 0.6 is 0 Å². The molecule has 2 rings (SSSR count). The summed E-state index contributed by atoms with van der Waals surface area (Å²) in [7, 11) is 0. The molecule has 0 aliphatic carbocycles. The number of nitrogens with one attached hydrogen (secondary N) is 2. The van der Waals surface area contributed by atoms with Crippen molar-refractivity contribution < 1.29 is 71.6 Å². The number of aliphatic hydroxyl groups excluding tert-OH is 5. The summed E-state index contributed by atoms with van der Waals surface area (Å²) in [5.74, 6) is -3.68. The van der Waals surface area contributed by atoms with Gasteiger partial charge in [0.25, 0.3) is 11.8 Å². The minimum absolute atomic E-state index is 0.00214. The number of alkyl halides is 4. The molecule has 2 aliphatic heterocycles. The second-order valence-electron chi connectivity index (χ2n) is 8.91. The van der Waals surface area contributed by atoms with E-state index in [4.69, 9.17) is 24.7 Å². The van der Waals surface area contributed by atoms with E-state index in [0.29, 0.717) is 25.8 Å². The van der Waals surface area contributed by atoms with Gasteiger partial charge in [0.05, 0.1) is 13.2 Å². The van der Waals surface area contributed by atoms with Crippen LogP contribution in [-0.4, -0.2) is 138 Å². The number of halogens is 4. The van der Waals surface area contributed by atoms with E-state index in [9.17, 15) is 52.7 Å². The van der Waals surface area contributed by atoms with E-state index in [2.05, 4.69) is 0 Å². The molecule has 2 amide bonds. The number of ether oxygens (including phenoxy) is 4. The average molecular weight is 582 g/mol. The van der Waals surface area contributed by atoms with E-state index >= 15 is 0 Å². The SMILES string of the molecule is NCCCCCO[C@@H]1O[C@H](CO)[C@@H](O[C@@H]2O[C@H](CO)[C@@H](O)[C@H](O)[C@H]2NC(=O)C(F)F)[C@H](O)[C@H]1NC(=O)C(F)F. The molecule has 0 aromatic rings. The summed E-state index contributed by atoms with van der Waals surface area (Å²) >= 11 is 0. The van der Waals surface area contributed by atoms with Crippen LogP contribution in [0.25, 0.3) is 0 Å². The Labute approximate surface area is 220 Å². The minimum atomic E-state index is -3.55. The van der Waals surface area contributed by atoms with Crippen molar-refractivity contribution >= 4 is 11.8 Å². The van der Waals surface area contributed by atoms with Crippen LogP contribution in [0.5, 0.6) is 0 Å². The van der Waals surface area contributed by atoms with Crippen LogP contribution in [0.2, 0.25) is 0 Å². The van der Waals surface area contributed by atoms with Crippen LogP contribution in [0.3, 0.4) is 0 Å². The molecular formula is C21H35F4N3O11. The predicted molar refractivity (Wildman–Crippen MR) is 119 cm³/mol. The molecule has 2 aliphatic rings. The molecule has 228 valence electrons. The van der Waals surface area contributed by atoms with Crippen LogP contribution in [0.1, 0.15) is 19.3 Å². The van der Waals surface area contributed by atoms with E-state index in [1.54, 1.807) is 5.32 Å². The van der Waals surface area contributed by atoms with Crippen molar-refractivity contribution in [1.82, 2.24) is 10.6 Å². The Morgan fingerprint density at radius 2 is 1.33 bits per heavy atom. The fourth-order valence-electron chi connectivity index (χ4n) is 4.12. The van der Waals surface area contributed by atoms with Crippen molar-refractivity contribution in [3.05, 3.63) is 0 Å². The van der Waals surface area contributed by atoms with Crippen LogP contribution in [-0.2, 0) is 28.5 Å². The molecule has 0 bridgehead atoms. The van der Waals surface area contributed by atoms with Crippen molar-refractivity contribution in [2.45, 2.75) is 93.4 Å². The minimum Gasteiger partial charge on any atom is -0.394 e. The number of amides is 2. The van der Waals surface area contributed by atoms with Gasteiger partial charge in [-0.25, -0.2) is 0 Å². The fraction of sp³-hybridized carbons (Fsp3) is 0.905. The summed E-state index contributed by atoms with van der Waals surface area (Å²) < 4.78 is 73.6. The normalized spacial score (nSPS) is 35.3. The standard InChI is InChI=1S/C21H35F4N3O11/c22-16(23)18(34)27-10-13(32)12(31)8(6-29)37-21(10)39-15-9(7-30)38-20(36-5-3-1-2-4-26)11(14(15)33)28-19(35)17(24)25/h8-17,20-21,29-33H,1-7,26H2,(H,27,34)(H,28,35)/t8-,9-,10-,11-,12-,13-,14-,15-,20-,21+/m1/s1. The molecule has 9 N–H and O–H groups in total. The van der Waals surface area contributed by atoms with Crippen molar-refractivity contribution in [1.29, 1.82) is 0 Å².